The Kier molecular flexibility index (Phi) is 2.80. The first-order valence-corrected chi connectivity index (χ1v) is 4.06. The van der Waals surface area contributed by atoms with Crippen LogP contribution in [0.1, 0.15) is 32.1 Å². The summed E-state index contributed by atoms with van der Waals surface area (Å²) in [5.74, 6) is 0. The molecule has 2 atom stereocenters. The second kappa shape index (κ2) is 3.43. The monoisotopic (exact) mass is 148 g/mol. The van der Waals surface area contributed by atoms with E-state index in [9.17, 15) is 5.11 Å². The minimum atomic E-state index is -0.242. The fraction of sp³-hybridized carbons (Fsp3) is 1.00. The van der Waals surface area contributed by atoms with Crippen molar-refractivity contribution in [1.82, 2.24) is 0 Å². The van der Waals surface area contributed by atoms with Crippen LogP contribution in [-0.2, 0) is 0 Å². The molecule has 0 heterocycles. The van der Waals surface area contributed by atoms with Crippen molar-refractivity contribution < 1.29 is 5.11 Å². The van der Waals surface area contributed by atoms with Crippen LogP contribution in [0.5, 0.6) is 0 Å². The zero-order valence-corrected chi connectivity index (χ0v) is 6.27. The molecular weight excluding hydrogens is 136 g/mol. The third kappa shape index (κ3) is 2.15. The average Bonchev–Trinajstić information content (AvgIpc) is 1.99. The van der Waals surface area contributed by atoms with Gasteiger partial charge < -0.3 is 5.11 Å². The quantitative estimate of drug-likeness (QED) is 0.411. The maximum Gasteiger partial charge on any atom is 0.0703 e. The average molecular weight is 149 g/mol. The molecule has 1 aliphatic carbocycles. The lowest BCUT2D eigenvalue weighted by atomic mass is 10.1. The number of alkyl halides is 1. The second-order valence-electron chi connectivity index (χ2n) is 2.72. The SMILES string of the molecule is O[C@H]1CCCCC[C@H]1Cl. The Bertz CT molecular complexity index is 75.0. The van der Waals surface area contributed by atoms with Gasteiger partial charge in [0.1, 0.15) is 0 Å². The summed E-state index contributed by atoms with van der Waals surface area (Å²) in [6, 6.07) is 0. The zero-order chi connectivity index (χ0) is 6.69. The van der Waals surface area contributed by atoms with Crippen molar-refractivity contribution >= 4 is 11.6 Å². The molecular formula is C7H13ClO. The molecule has 0 unspecified atom stereocenters. The lowest BCUT2D eigenvalue weighted by Crippen LogP contribution is -2.18. The summed E-state index contributed by atoms with van der Waals surface area (Å²) in [7, 11) is 0. The van der Waals surface area contributed by atoms with Gasteiger partial charge in [-0.15, -0.1) is 11.6 Å². The van der Waals surface area contributed by atoms with Gasteiger partial charge in [0.15, 0.2) is 0 Å². The van der Waals surface area contributed by atoms with E-state index in [0.717, 1.165) is 19.3 Å². The number of aliphatic hydroxyl groups excluding tert-OH is 1. The van der Waals surface area contributed by atoms with E-state index in [4.69, 9.17) is 11.6 Å². The maximum atomic E-state index is 9.23. The summed E-state index contributed by atoms with van der Waals surface area (Å²) in [6.07, 6.45) is 5.21. The summed E-state index contributed by atoms with van der Waals surface area (Å²) < 4.78 is 0. The summed E-state index contributed by atoms with van der Waals surface area (Å²) in [6.45, 7) is 0. The maximum absolute atomic E-state index is 9.23. The number of hydrogen-bond donors (Lipinski definition) is 1. The van der Waals surface area contributed by atoms with Crippen LogP contribution in [0.4, 0.5) is 0 Å². The highest BCUT2D eigenvalue weighted by molar-refractivity contribution is 6.21. The van der Waals surface area contributed by atoms with Gasteiger partial charge in [-0.2, -0.15) is 0 Å². The molecule has 0 aromatic carbocycles. The lowest BCUT2D eigenvalue weighted by molar-refractivity contribution is 0.161. The van der Waals surface area contributed by atoms with E-state index in [1.54, 1.807) is 0 Å². The minimum absolute atomic E-state index is 0.0208. The number of rotatable bonds is 0. The van der Waals surface area contributed by atoms with E-state index in [1.165, 1.54) is 12.8 Å². The summed E-state index contributed by atoms with van der Waals surface area (Å²) in [4.78, 5) is 0. The highest BCUT2D eigenvalue weighted by atomic mass is 35.5. The van der Waals surface area contributed by atoms with Crippen LogP contribution < -0.4 is 0 Å². The van der Waals surface area contributed by atoms with E-state index in [-0.39, 0.29) is 11.5 Å². The Labute approximate surface area is 61.0 Å². The Morgan fingerprint density at radius 1 is 1.11 bits per heavy atom. The number of halogens is 1. The van der Waals surface area contributed by atoms with Crippen molar-refractivity contribution in [3.8, 4) is 0 Å². The number of hydrogen-bond acceptors (Lipinski definition) is 1. The highest BCUT2D eigenvalue weighted by Crippen LogP contribution is 2.21. The molecule has 1 rings (SSSR count). The predicted octanol–water partition coefficient (Wildman–Crippen LogP) is 1.92. The van der Waals surface area contributed by atoms with Crippen molar-refractivity contribution in [3.63, 3.8) is 0 Å². The van der Waals surface area contributed by atoms with Crippen LogP contribution in [0, 0.1) is 0 Å². The largest absolute Gasteiger partial charge is 0.392 e. The smallest absolute Gasteiger partial charge is 0.0703 e. The van der Waals surface area contributed by atoms with Gasteiger partial charge in [0.25, 0.3) is 0 Å². The van der Waals surface area contributed by atoms with Crippen molar-refractivity contribution in [1.29, 1.82) is 0 Å². The van der Waals surface area contributed by atoms with Crippen molar-refractivity contribution in [2.45, 2.75) is 43.6 Å². The van der Waals surface area contributed by atoms with Crippen LogP contribution in [0.15, 0.2) is 0 Å². The predicted molar refractivity (Wildman–Crippen MR) is 38.7 cm³/mol. The first-order valence-electron chi connectivity index (χ1n) is 3.63. The third-order valence-corrected chi connectivity index (χ3v) is 2.41. The van der Waals surface area contributed by atoms with Gasteiger partial charge in [-0.05, 0) is 12.8 Å². The van der Waals surface area contributed by atoms with Gasteiger partial charge in [0, 0.05) is 0 Å². The summed E-state index contributed by atoms with van der Waals surface area (Å²) >= 11 is 5.82. The standard InChI is InChI=1S/C7H13ClO/c8-6-4-2-1-3-5-7(6)9/h6-7,9H,1-5H2/t6-,7+/m1/s1. The van der Waals surface area contributed by atoms with Gasteiger partial charge >= 0.3 is 0 Å². The van der Waals surface area contributed by atoms with E-state index < -0.39 is 0 Å². The second-order valence-corrected chi connectivity index (χ2v) is 3.28. The van der Waals surface area contributed by atoms with Crippen LogP contribution in [-0.4, -0.2) is 16.6 Å². The zero-order valence-electron chi connectivity index (χ0n) is 5.52. The van der Waals surface area contributed by atoms with Gasteiger partial charge in [0.05, 0.1) is 11.5 Å². The molecule has 1 nitrogen and oxygen atoms in total. The highest BCUT2D eigenvalue weighted by Gasteiger charge is 2.18. The molecule has 0 aromatic heterocycles. The van der Waals surface area contributed by atoms with Crippen molar-refractivity contribution in [2.75, 3.05) is 0 Å². The molecule has 1 aliphatic rings. The Balaban J connectivity index is 2.32. The Hall–Kier alpha value is 0.250. The Morgan fingerprint density at radius 2 is 1.78 bits per heavy atom. The molecule has 0 aromatic rings. The van der Waals surface area contributed by atoms with Gasteiger partial charge in [-0.3, -0.25) is 0 Å². The molecule has 2 heteroatoms. The molecule has 9 heavy (non-hydrogen) atoms. The topological polar surface area (TPSA) is 20.2 Å². The molecule has 54 valence electrons. The summed E-state index contributed by atoms with van der Waals surface area (Å²) in [5, 5.41) is 9.25. The number of aliphatic hydroxyl groups is 1. The molecule has 1 N–H and O–H groups in total. The lowest BCUT2D eigenvalue weighted by Gasteiger charge is -2.11. The molecule has 0 saturated heterocycles. The third-order valence-electron chi connectivity index (χ3n) is 1.90. The fourth-order valence-electron chi connectivity index (χ4n) is 1.24. The molecule has 0 aliphatic heterocycles. The fourth-order valence-corrected chi connectivity index (χ4v) is 1.52. The van der Waals surface area contributed by atoms with Crippen LogP contribution in [0.25, 0.3) is 0 Å². The van der Waals surface area contributed by atoms with Crippen LogP contribution in [0.2, 0.25) is 0 Å². The van der Waals surface area contributed by atoms with Gasteiger partial charge in [-0.1, -0.05) is 19.3 Å². The first kappa shape index (κ1) is 7.36. The molecule has 1 fully saturated rings. The van der Waals surface area contributed by atoms with E-state index in [1.807, 2.05) is 0 Å². The molecule has 0 amide bonds. The normalized spacial score (nSPS) is 38.0. The van der Waals surface area contributed by atoms with Crippen LogP contribution >= 0.6 is 11.6 Å². The van der Waals surface area contributed by atoms with E-state index in [0.29, 0.717) is 0 Å². The Morgan fingerprint density at radius 3 is 2.56 bits per heavy atom. The minimum Gasteiger partial charge on any atom is -0.392 e. The van der Waals surface area contributed by atoms with Gasteiger partial charge in [0.2, 0.25) is 0 Å². The van der Waals surface area contributed by atoms with E-state index in [2.05, 4.69) is 0 Å². The van der Waals surface area contributed by atoms with Crippen molar-refractivity contribution in [3.05, 3.63) is 0 Å². The van der Waals surface area contributed by atoms with Gasteiger partial charge in [-0.25, -0.2) is 0 Å². The molecule has 0 bridgehead atoms. The van der Waals surface area contributed by atoms with E-state index >= 15 is 0 Å². The van der Waals surface area contributed by atoms with Crippen LogP contribution in [0.3, 0.4) is 0 Å². The molecule has 1 saturated carbocycles. The summed E-state index contributed by atoms with van der Waals surface area (Å²) in [5.41, 5.74) is 0. The van der Waals surface area contributed by atoms with Crippen molar-refractivity contribution in [2.24, 2.45) is 0 Å². The molecule has 0 spiro atoms. The molecule has 0 radical (unpaired) electrons. The first-order chi connectivity index (χ1) is 4.30.